The van der Waals surface area contributed by atoms with Crippen LogP contribution in [0.4, 0.5) is 10.7 Å². The molecule has 1 aliphatic rings. The number of carbonyl (C=O) groups excluding carboxylic acids is 2. The van der Waals surface area contributed by atoms with Crippen LogP contribution in [0.5, 0.6) is 0 Å². The van der Waals surface area contributed by atoms with E-state index in [1.54, 1.807) is 18.2 Å². The van der Waals surface area contributed by atoms with Crippen molar-refractivity contribution in [1.29, 1.82) is 5.26 Å². The summed E-state index contributed by atoms with van der Waals surface area (Å²) < 4.78 is 5.28. The van der Waals surface area contributed by atoms with E-state index in [1.807, 2.05) is 0 Å². The molecular formula is C23H27N3O3S. The lowest BCUT2D eigenvalue weighted by molar-refractivity contribution is -0.123. The molecule has 2 aromatic rings. The van der Waals surface area contributed by atoms with Crippen molar-refractivity contribution in [3.63, 3.8) is 0 Å². The summed E-state index contributed by atoms with van der Waals surface area (Å²) in [4.78, 5) is 26.1. The number of hydrogen-bond donors (Lipinski definition) is 2. The van der Waals surface area contributed by atoms with Gasteiger partial charge in [0.2, 0.25) is 0 Å². The minimum atomic E-state index is -1.01. The summed E-state index contributed by atoms with van der Waals surface area (Å²) >= 11 is 1.46. The molecule has 1 aliphatic carbocycles. The summed E-state index contributed by atoms with van der Waals surface area (Å²) in [5.74, 6) is -0.546. The van der Waals surface area contributed by atoms with Crippen LogP contribution in [0, 0.1) is 22.7 Å². The van der Waals surface area contributed by atoms with Crippen molar-refractivity contribution in [2.75, 3.05) is 11.1 Å². The predicted molar refractivity (Wildman–Crippen MR) is 118 cm³/mol. The highest BCUT2D eigenvalue weighted by Crippen LogP contribution is 2.44. The molecule has 2 unspecified atom stereocenters. The molecule has 3 N–H and O–H groups in total. The second-order valence-electron chi connectivity index (χ2n) is 8.79. The average Bonchev–Trinajstić information content (AvgIpc) is 3.03. The van der Waals surface area contributed by atoms with E-state index in [-0.39, 0.29) is 11.0 Å². The van der Waals surface area contributed by atoms with Gasteiger partial charge in [0.05, 0.1) is 11.1 Å². The number of nitrogens with zero attached hydrogens (tertiary/aromatic N) is 1. The van der Waals surface area contributed by atoms with Crippen molar-refractivity contribution >= 4 is 33.9 Å². The van der Waals surface area contributed by atoms with Crippen LogP contribution in [0.15, 0.2) is 24.3 Å². The van der Waals surface area contributed by atoms with E-state index in [9.17, 15) is 14.9 Å². The van der Waals surface area contributed by atoms with Crippen LogP contribution in [0.25, 0.3) is 0 Å². The summed E-state index contributed by atoms with van der Waals surface area (Å²) in [6, 6.07) is 8.64. The Balaban J connectivity index is 1.72. The second-order valence-corrected chi connectivity index (χ2v) is 9.89. The highest BCUT2D eigenvalue weighted by Gasteiger charge is 2.32. The molecule has 3 rings (SSSR count). The normalized spacial score (nSPS) is 16.8. The molecule has 2 atom stereocenters. The number of thiophene rings is 1. The molecule has 1 aromatic carbocycles. The van der Waals surface area contributed by atoms with Gasteiger partial charge >= 0.3 is 5.97 Å². The van der Waals surface area contributed by atoms with Crippen molar-refractivity contribution in [3.8, 4) is 6.07 Å². The second kappa shape index (κ2) is 8.49. The first-order valence-electron chi connectivity index (χ1n) is 10.0. The van der Waals surface area contributed by atoms with Gasteiger partial charge in [-0.15, -0.1) is 11.3 Å². The third kappa shape index (κ3) is 4.65. The first-order valence-corrected chi connectivity index (χ1v) is 10.8. The molecule has 0 saturated heterocycles. The molecule has 0 saturated carbocycles. The number of ether oxygens (including phenoxy) is 1. The van der Waals surface area contributed by atoms with Crippen LogP contribution in [-0.2, 0) is 22.4 Å². The van der Waals surface area contributed by atoms with Gasteiger partial charge in [-0.25, -0.2) is 4.79 Å². The Morgan fingerprint density at radius 1 is 1.37 bits per heavy atom. The first-order chi connectivity index (χ1) is 14.1. The van der Waals surface area contributed by atoms with E-state index in [2.05, 4.69) is 32.2 Å². The zero-order valence-electron chi connectivity index (χ0n) is 17.7. The zero-order valence-corrected chi connectivity index (χ0v) is 18.6. The number of esters is 1. The topological polar surface area (TPSA) is 105 Å². The molecule has 1 aromatic heterocycles. The number of nitrogen functional groups attached to an aromatic ring is 1. The Morgan fingerprint density at radius 3 is 2.73 bits per heavy atom. The minimum absolute atomic E-state index is 0.196. The van der Waals surface area contributed by atoms with Crippen molar-refractivity contribution in [1.82, 2.24) is 0 Å². The number of nitrogens with two attached hydrogens (primary N) is 1. The molecule has 0 spiro atoms. The molecule has 7 heteroatoms. The lowest BCUT2D eigenvalue weighted by Crippen LogP contribution is -2.30. The number of benzene rings is 1. The van der Waals surface area contributed by atoms with Crippen LogP contribution in [0.1, 0.15) is 60.5 Å². The number of fused-ring (bicyclic) bond motifs is 1. The number of nitrogens with one attached hydrogen (secondary N) is 1. The molecule has 1 amide bonds. The fourth-order valence-corrected chi connectivity index (χ4v) is 4.97. The van der Waals surface area contributed by atoms with Gasteiger partial charge in [-0.2, -0.15) is 5.26 Å². The minimum Gasteiger partial charge on any atom is -0.449 e. The van der Waals surface area contributed by atoms with Gasteiger partial charge in [-0.3, -0.25) is 4.79 Å². The third-order valence-electron chi connectivity index (χ3n) is 5.61. The molecule has 6 nitrogen and oxygen atoms in total. The van der Waals surface area contributed by atoms with Gasteiger partial charge < -0.3 is 15.8 Å². The average molecular weight is 426 g/mol. The van der Waals surface area contributed by atoms with E-state index >= 15 is 0 Å². The van der Waals surface area contributed by atoms with E-state index in [0.29, 0.717) is 22.2 Å². The Morgan fingerprint density at radius 2 is 2.10 bits per heavy atom. The van der Waals surface area contributed by atoms with Crippen LogP contribution in [-0.4, -0.2) is 18.0 Å². The fourth-order valence-electron chi connectivity index (χ4n) is 3.69. The SMILES string of the molecule is CC(OC(=O)c1cccc(N)c1)C(=O)Nc1sc2c(c1C#N)CCC(C(C)(C)C)C2. The lowest BCUT2D eigenvalue weighted by atomic mass is 9.72. The van der Waals surface area contributed by atoms with Crippen LogP contribution in [0.3, 0.4) is 0 Å². The lowest BCUT2D eigenvalue weighted by Gasteiger charge is -2.33. The van der Waals surface area contributed by atoms with Gasteiger partial charge in [0.1, 0.15) is 11.1 Å². The van der Waals surface area contributed by atoms with Gasteiger partial charge in [0.25, 0.3) is 5.91 Å². The molecule has 158 valence electrons. The number of hydrogen-bond acceptors (Lipinski definition) is 6. The maximum absolute atomic E-state index is 12.6. The summed E-state index contributed by atoms with van der Waals surface area (Å²) in [5.41, 5.74) is 8.19. The highest BCUT2D eigenvalue weighted by atomic mass is 32.1. The third-order valence-corrected chi connectivity index (χ3v) is 6.78. The summed E-state index contributed by atoms with van der Waals surface area (Å²) in [5, 5.41) is 13.0. The Hall–Kier alpha value is -2.85. The molecule has 1 heterocycles. The van der Waals surface area contributed by atoms with Gasteiger partial charge in [-0.1, -0.05) is 26.8 Å². The molecule has 0 radical (unpaired) electrons. The molecule has 0 fully saturated rings. The van der Waals surface area contributed by atoms with E-state index in [1.165, 1.54) is 24.3 Å². The summed E-state index contributed by atoms with van der Waals surface area (Å²) in [6.07, 6.45) is 1.77. The zero-order chi connectivity index (χ0) is 22.1. The predicted octanol–water partition coefficient (Wildman–Crippen LogP) is 4.54. The molecule has 0 bridgehead atoms. The molecular weight excluding hydrogens is 398 g/mol. The summed E-state index contributed by atoms with van der Waals surface area (Å²) in [7, 11) is 0. The number of carbonyl (C=O) groups is 2. The highest BCUT2D eigenvalue weighted by molar-refractivity contribution is 7.16. The van der Waals surface area contributed by atoms with Crippen LogP contribution in [0.2, 0.25) is 0 Å². The summed E-state index contributed by atoms with van der Waals surface area (Å²) in [6.45, 7) is 8.22. The van der Waals surface area contributed by atoms with Crippen molar-refractivity contribution in [2.24, 2.45) is 11.3 Å². The Kier molecular flexibility index (Phi) is 6.18. The van der Waals surface area contributed by atoms with Crippen molar-refractivity contribution in [3.05, 3.63) is 45.8 Å². The smallest absolute Gasteiger partial charge is 0.338 e. The number of rotatable bonds is 4. The molecule has 0 aliphatic heterocycles. The monoisotopic (exact) mass is 425 g/mol. The number of amides is 1. The number of anilines is 2. The maximum Gasteiger partial charge on any atom is 0.338 e. The van der Waals surface area contributed by atoms with Gasteiger partial charge in [-0.05, 0) is 61.3 Å². The van der Waals surface area contributed by atoms with Crippen molar-refractivity contribution < 1.29 is 14.3 Å². The fraction of sp³-hybridized carbons (Fsp3) is 0.435. The van der Waals surface area contributed by atoms with Gasteiger partial charge in [0.15, 0.2) is 6.10 Å². The van der Waals surface area contributed by atoms with Crippen LogP contribution >= 0.6 is 11.3 Å². The van der Waals surface area contributed by atoms with E-state index in [0.717, 1.165) is 29.7 Å². The Bertz CT molecular complexity index is 1010. The first kappa shape index (κ1) is 21.8. The van der Waals surface area contributed by atoms with E-state index < -0.39 is 18.0 Å². The maximum atomic E-state index is 12.6. The quantitative estimate of drug-likeness (QED) is 0.553. The van der Waals surface area contributed by atoms with Gasteiger partial charge in [0, 0.05) is 10.6 Å². The molecule has 30 heavy (non-hydrogen) atoms. The number of nitriles is 1. The van der Waals surface area contributed by atoms with Crippen molar-refractivity contribution in [2.45, 2.75) is 53.1 Å². The van der Waals surface area contributed by atoms with E-state index in [4.69, 9.17) is 10.5 Å². The van der Waals surface area contributed by atoms with Crippen LogP contribution < -0.4 is 11.1 Å². The Labute approximate surface area is 181 Å². The largest absolute Gasteiger partial charge is 0.449 e. The standard InChI is InChI=1S/C23H27N3O3S/c1-13(29-22(28)14-6-5-7-16(25)10-14)20(27)26-21-18(12-24)17-9-8-15(23(2,3)4)11-19(17)30-21/h5-7,10,13,15H,8-9,11,25H2,1-4H3,(H,26,27).